The molecule has 5 rings (SSSR count). The van der Waals surface area contributed by atoms with Gasteiger partial charge in [0, 0.05) is 57.4 Å². The Kier molecular flexibility index (Phi) is 5.28. The maximum atomic E-state index is 12.8. The van der Waals surface area contributed by atoms with Gasteiger partial charge in [-0.1, -0.05) is 6.07 Å². The van der Waals surface area contributed by atoms with Crippen LogP contribution in [0.2, 0.25) is 0 Å². The fourth-order valence-electron chi connectivity index (χ4n) is 4.61. The number of pyridine rings is 1. The summed E-state index contributed by atoms with van der Waals surface area (Å²) in [5, 5.41) is 1.11. The Morgan fingerprint density at radius 1 is 1.06 bits per heavy atom. The molecule has 0 aliphatic carbocycles. The normalized spacial score (nSPS) is 19.8. The van der Waals surface area contributed by atoms with Gasteiger partial charge in [-0.2, -0.15) is 0 Å². The highest BCUT2D eigenvalue weighted by atomic mass is 16.5. The number of carbonyl (C=O) groups excluding carboxylic acids is 1. The molecule has 0 saturated carbocycles. The number of ether oxygens (including phenoxy) is 2. The first-order valence-electron chi connectivity index (χ1n) is 10.9. The summed E-state index contributed by atoms with van der Waals surface area (Å²) in [5.74, 6) is 0.689. The van der Waals surface area contributed by atoms with Crippen molar-refractivity contribution in [1.82, 2.24) is 14.0 Å². The molecule has 162 valence electrons. The number of hydrogen-bond acceptors (Lipinski definition) is 4. The molecule has 1 aromatic carbocycles. The largest absolute Gasteiger partial charge is 0.490 e. The molecule has 2 fully saturated rings. The summed E-state index contributed by atoms with van der Waals surface area (Å²) < 4.78 is 15.7. The molecule has 2 aliphatic rings. The van der Waals surface area contributed by atoms with Crippen molar-refractivity contribution in [2.75, 3.05) is 26.3 Å². The monoisotopic (exact) mass is 421 g/mol. The van der Waals surface area contributed by atoms with Crippen molar-refractivity contribution >= 4 is 16.8 Å². The molecule has 7 nitrogen and oxygen atoms in total. The smallest absolute Gasteiger partial charge is 0.263 e. The van der Waals surface area contributed by atoms with Crippen LogP contribution in [-0.4, -0.2) is 52.3 Å². The van der Waals surface area contributed by atoms with E-state index in [0.717, 1.165) is 43.6 Å². The molecule has 1 amide bonds. The lowest BCUT2D eigenvalue weighted by Gasteiger charge is -2.32. The molecule has 2 aliphatic heterocycles. The lowest BCUT2D eigenvalue weighted by molar-refractivity contribution is 0.0596. The highest BCUT2D eigenvalue weighted by molar-refractivity contribution is 5.94. The SMILES string of the molecule is Cn1cccc(C(=O)N2CCC(Oc3cccc4c3ccn4C3CCOC3)CC2)c1=O. The first-order valence-corrected chi connectivity index (χ1v) is 10.9. The molecule has 1 atom stereocenters. The van der Waals surface area contributed by atoms with Gasteiger partial charge in [0.25, 0.3) is 11.5 Å². The molecular weight excluding hydrogens is 394 g/mol. The Labute approximate surface area is 180 Å². The maximum absolute atomic E-state index is 12.8. The van der Waals surface area contributed by atoms with Gasteiger partial charge in [-0.25, -0.2) is 0 Å². The summed E-state index contributed by atoms with van der Waals surface area (Å²) in [6.45, 7) is 2.73. The number of nitrogens with zero attached hydrogens (tertiary/aromatic N) is 3. The predicted octanol–water partition coefficient (Wildman–Crippen LogP) is 2.99. The first-order chi connectivity index (χ1) is 15.1. The summed E-state index contributed by atoms with van der Waals surface area (Å²) in [4.78, 5) is 26.8. The lowest BCUT2D eigenvalue weighted by Crippen LogP contribution is -2.43. The Hall–Kier alpha value is -3.06. The van der Waals surface area contributed by atoms with Gasteiger partial charge < -0.3 is 23.5 Å². The van der Waals surface area contributed by atoms with Crippen LogP contribution >= 0.6 is 0 Å². The van der Waals surface area contributed by atoms with Crippen molar-refractivity contribution in [1.29, 1.82) is 0 Å². The van der Waals surface area contributed by atoms with Crippen LogP contribution < -0.4 is 10.3 Å². The molecule has 3 aromatic rings. The van der Waals surface area contributed by atoms with E-state index in [2.05, 4.69) is 22.9 Å². The number of hydrogen-bond donors (Lipinski definition) is 0. The minimum Gasteiger partial charge on any atom is -0.490 e. The zero-order valence-corrected chi connectivity index (χ0v) is 17.7. The Morgan fingerprint density at radius 2 is 1.90 bits per heavy atom. The number of likely N-dealkylation sites (tertiary alicyclic amines) is 1. The van der Waals surface area contributed by atoms with Crippen molar-refractivity contribution in [2.45, 2.75) is 31.4 Å². The molecule has 2 aromatic heterocycles. The van der Waals surface area contributed by atoms with Gasteiger partial charge in [-0.3, -0.25) is 9.59 Å². The molecule has 7 heteroatoms. The summed E-state index contributed by atoms with van der Waals surface area (Å²) >= 11 is 0. The number of amides is 1. The molecule has 4 heterocycles. The fourth-order valence-corrected chi connectivity index (χ4v) is 4.61. The van der Waals surface area contributed by atoms with Crippen LogP contribution in [0.4, 0.5) is 0 Å². The molecule has 2 saturated heterocycles. The highest BCUT2D eigenvalue weighted by Crippen LogP contribution is 2.32. The minimum absolute atomic E-state index is 0.0476. The summed E-state index contributed by atoms with van der Waals surface area (Å²) in [7, 11) is 1.66. The number of aromatic nitrogens is 2. The van der Waals surface area contributed by atoms with E-state index >= 15 is 0 Å². The van der Waals surface area contributed by atoms with Crippen molar-refractivity contribution in [2.24, 2.45) is 7.05 Å². The average molecular weight is 421 g/mol. The second-order valence-electron chi connectivity index (χ2n) is 8.38. The van der Waals surface area contributed by atoms with Gasteiger partial charge in [0.2, 0.25) is 0 Å². The molecule has 0 spiro atoms. The Bertz CT molecular complexity index is 1150. The predicted molar refractivity (Wildman–Crippen MR) is 118 cm³/mol. The molecule has 31 heavy (non-hydrogen) atoms. The zero-order valence-electron chi connectivity index (χ0n) is 17.7. The van der Waals surface area contributed by atoms with Crippen LogP contribution in [0.25, 0.3) is 10.9 Å². The third-order valence-electron chi connectivity index (χ3n) is 6.40. The summed E-state index contributed by atoms with van der Waals surface area (Å²) in [6.07, 6.45) is 6.35. The van der Waals surface area contributed by atoms with Crippen LogP contribution in [0.3, 0.4) is 0 Å². The van der Waals surface area contributed by atoms with Gasteiger partial charge in [0.15, 0.2) is 0 Å². The molecular formula is C24H27N3O4. The number of piperidine rings is 1. The van der Waals surface area contributed by atoms with Crippen molar-refractivity contribution in [3.63, 3.8) is 0 Å². The standard InChI is InChI=1S/C24H27N3O4/c1-25-11-3-4-20(23(25)28)24(29)26-12-7-18(8-13-26)31-22-6-2-5-21-19(22)9-14-27(21)17-10-15-30-16-17/h2-6,9,11,14,17-18H,7-8,10,12-13,15-16H2,1H3. The summed E-state index contributed by atoms with van der Waals surface area (Å²) in [5.41, 5.74) is 1.14. The Morgan fingerprint density at radius 3 is 2.68 bits per heavy atom. The number of carbonyl (C=O) groups is 1. The minimum atomic E-state index is -0.255. The first kappa shape index (κ1) is 19.9. The van der Waals surface area contributed by atoms with Crippen LogP contribution in [0, 0.1) is 0 Å². The Balaban J connectivity index is 1.27. The third kappa shape index (κ3) is 3.74. The topological polar surface area (TPSA) is 65.7 Å². The number of aryl methyl sites for hydroxylation is 1. The lowest BCUT2D eigenvalue weighted by atomic mass is 10.1. The third-order valence-corrected chi connectivity index (χ3v) is 6.40. The quantitative estimate of drug-likeness (QED) is 0.650. The van der Waals surface area contributed by atoms with Crippen LogP contribution in [0.1, 0.15) is 35.7 Å². The average Bonchev–Trinajstić information content (AvgIpc) is 3.46. The zero-order chi connectivity index (χ0) is 21.4. The van der Waals surface area contributed by atoms with Crippen molar-refractivity contribution in [3.8, 4) is 5.75 Å². The molecule has 0 N–H and O–H groups in total. The second kappa shape index (κ2) is 8.23. The van der Waals surface area contributed by atoms with Gasteiger partial charge in [0.1, 0.15) is 17.4 Å². The highest BCUT2D eigenvalue weighted by Gasteiger charge is 2.27. The molecule has 0 radical (unpaired) electrons. The van der Waals surface area contributed by atoms with E-state index in [1.54, 1.807) is 30.3 Å². The fraction of sp³-hybridized carbons (Fsp3) is 0.417. The number of fused-ring (bicyclic) bond motifs is 1. The van der Waals surface area contributed by atoms with Crippen LogP contribution in [-0.2, 0) is 11.8 Å². The van der Waals surface area contributed by atoms with E-state index < -0.39 is 0 Å². The van der Waals surface area contributed by atoms with E-state index in [1.807, 2.05) is 12.1 Å². The van der Waals surface area contributed by atoms with E-state index in [1.165, 1.54) is 10.1 Å². The molecule has 1 unspecified atom stereocenters. The van der Waals surface area contributed by atoms with Gasteiger partial charge in [-0.05, 0) is 36.8 Å². The van der Waals surface area contributed by atoms with E-state index in [9.17, 15) is 9.59 Å². The number of rotatable bonds is 4. The molecule has 0 bridgehead atoms. The van der Waals surface area contributed by atoms with E-state index in [0.29, 0.717) is 19.1 Å². The number of benzene rings is 1. The summed E-state index contributed by atoms with van der Waals surface area (Å²) in [6, 6.07) is 12.0. The maximum Gasteiger partial charge on any atom is 0.263 e. The van der Waals surface area contributed by atoms with Crippen molar-refractivity contribution < 1.29 is 14.3 Å². The van der Waals surface area contributed by atoms with Gasteiger partial charge >= 0.3 is 0 Å². The van der Waals surface area contributed by atoms with Crippen LogP contribution in [0.15, 0.2) is 53.6 Å². The van der Waals surface area contributed by atoms with Crippen molar-refractivity contribution in [3.05, 3.63) is 64.7 Å². The second-order valence-corrected chi connectivity index (χ2v) is 8.38. The van der Waals surface area contributed by atoms with Gasteiger partial charge in [0.05, 0.1) is 18.2 Å². The van der Waals surface area contributed by atoms with E-state index in [-0.39, 0.29) is 23.1 Å². The van der Waals surface area contributed by atoms with E-state index in [4.69, 9.17) is 9.47 Å². The van der Waals surface area contributed by atoms with Gasteiger partial charge in [-0.15, -0.1) is 0 Å². The van der Waals surface area contributed by atoms with Crippen LogP contribution in [0.5, 0.6) is 5.75 Å².